The van der Waals surface area contributed by atoms with Gasteiger partial charge in [-0.15, -0.1) is 0 Å². The number of aromatic nitrogens is 1. The maximum absolute atomic E-state index is 12.0. The van der Waals surface area contributed by atoms with Crippen molar-refractivity contribution in [1.29, 1.82) is 0 Å². The van der Waals surface area contributed by atoms with Gasteiger partial charge in [-0.1, -0.05) is 0 Å². The molecule has 0 amide bonds. The van der Waals surface area contributed by atoms with Gasteiger partial charge in [-0.2, -0.15) is 0 Å². The summed E-state index contributed by atoms with van der Waals surface area (Å²) in [4.78, 5) is 39.6. The minimum absolute atomic E-state index is 0.0463. The number of rotatable bonds is 17. The number of hydrogen-bond donors (Lipinski definition) is 0. The molecule has 0 radical (unpaired) electrons. The molecule has 0 atom stereocenters. The summed E-state index contributed by atoms with van der Waals surface area (Å²) in [5.74, 6) is -1.35. The fourth-order valence-corrected chi connectivity index (χ4v) is 2.52. The van der Waals surface area contributed by atoms with Crippen LogP contribution < -0.4 is 4.74 Å². The van der Waals surface area contributed by atoms with Gasteiger partial charge in [0.1, 0.15) is 18.0 Å². The van der Waals surface area contributed by atoms with Gasteiger partial charge in [-0.05, 0) is 34.6 Å². The monoisotopic (exact) mass is 499 g/mol. The molecule has 1 aromatic rings. The summed E-state index contributed by atoms with van der Waals surface area (Å²) >= 11 is 0. The molecule has 0 bridgehead atoms. The van der Waals surface area contributed by atoms with Crippen molar-refractivity contribution in [2.45, 2.75) is 46.6 Å². The second-order valence-corrected chi connectivity index (χ2v) is 8.04. The molecular formula is C24H37NO10. The van der Waals surface area contributed by atoms with Gasteiger partial charge < -0.3 is 33.2 Å². The standard InChI is InChI=1S/C24H37NO10/c1-6-32-22(27)19-16-18(17-20(25-19)23(28)33-7-2)34-15-14-31-13-12-30-11-10-29-9-8-21(26)35-24(3,4)5/h16-17H,6-15H2,1-5H3. The van der Waals surface area contributed by atoms with Crippen molar-refractivity contribution in [3.05, 3.63) is 23.5 Å². The molecule has 0 saturated carbocycles. The van der Waals surface area contributed by atoms with Crippen molar-refractivity contribution >= 4 is 17.9 Å². The molecule has 0 aliphatic carbocycles. The highest BCUT2D eigenvalue weighted by molar-refractivity contribution is 5.92. The normalized spacial score (nSPS) is 11.1. The van der Waals surface area contributed by atoms with Crippen molar-refractivity contribution in [3.8, 4) is 5.75 Å². The molecule has 0 saturated heterocycles. The van der Waals surface area contributed by atoms with Crippen LogP contribution in [0.15, 0.2) is 12.1 Å². The molecule has 11 heteroatoms. The first-order chi connectivity index (χ1) is 16.7. The number of carbonyl (C=O) groups excluding carboxylic acids is 3. The van der Waals surface area contributed by atoms with Crippen LogP contribution in [0.4, 0.5) is 0 Å². The largest absolute Gasteiger partial charge is 0.491 e. The minimum Gasteiger partial charge on any atom is -0.491 e. The second-order valence-electron chi connectivity index (χ2n) is 8.04. The first kappa shape index (κ1) is 30.3. The van der Waals surface area contributed by atoms with E-state index >= 15 is 0 Å². The summed E-state index contributed by atoms with van der Waals surface area (Å²) in [7, 11) is 0. The van der Waals surface area contributed by atoms with E-state index in [0.717, 1.165) is 0 Å². The fraction of sp³-hybridized carbons (Fsp3) is 0.667. The Morgan fingerprint density at radius 1 is 0.743 bits per heavy atom. The molecule has 0 aromatic carbocycles. The van der Waals surface area contributed by atoms with Crippen LogP contribution in [0.1, 0.15) is 62.0 Å². The third kappa shape index (κ3) is 14.3. The topological polar surface area (TPSA) is 129 Å². The van der Waals surface area contributed by atoms with Gasteiger partial charge in [0.2, 0.25) is 0 Å². The maximum atomic E-state index is 12.0. The second kappa shape index (κ2) is 16.8. The average Bonchev–Trinajstić information content (AvgIpc) is 2.78. The maximum Gasteiger partial charge on any atom is 0.357 e. The highest BCUT2D eigenvalue weighted by Gasteiger charge is 2.17. The minimum atomic E-state index is -0.661. The molecule has 198 valence electrons. The fourth-order valence-electron chi connectivity index (χ4n) is 2.52. The van der Waals surface area contributed by atoms with Gasteiger partial charge in [-0.3, -0.25) is 4.79 Å². The van der Waals surface area contributed by atoms with Gasteiger partial charge in [-0.25, -0.2) is 14.6 Å². The lowest BCUT2D eigenvalue weighted by atomic mass is 10.2. The summed E-state index contributed by atoms with van der Waals surface area (Å²) in [5, 5.41) is 0. The van der Waals surface area contributed by atoms with Crippen LogP contribution in [0.25, 0.3) is 0 Å². The lowest BCUT2D eigenvalue weighted by Crippen LogP contribution is -2.24. The molecular weight excluding hydrogens is 462 g/mol. The van der Waals surface area contributed by atoms with Crippen LogP contribution in [0.5, 0.6) is 5.75 Å². The first-order valence-electron chi connectivity index (χ1n) is 11.6. The summed E-state index contributed by atoms with van der Waals surface area (Å²) in [6, 6.07) is 2.79. The lowest BCUT2D eigenvalue weighted by Gasteiger charge is -2.19. The number of pyridine rings is 1. The lowest BCUT2D eigenvalue weighted by molar-refractivity contribution is -0.156. The van der Waals surface area contributed by atoms with Crippen LogP contribution in [0, 0.1) is 0 Å². The molecule has 0 spiro atoms. The molecule has 1 rings (SSSR count). The predicted molar refractivity (Wildman–Crippen MR) is 125 cm³/mol. The first-order valence-corrected chi connectivity index (χ1v) is 11.6. The van der Waals surface area contributed by atoms with Crippen molar-refractivity contribution in [2.24, 2.45) is 0 Å². The zero-order chi connectivity index (χ0) is 26.1. The Morgan fingerprint density at radius 3 is 1.66 bits per heavy atom. The predicted octanol–water partition coefficient (Wildman–Crippen LogP) is 2.60. The van der Waals surface area contributed by atoms with E-state index in [2.05, 4.69) is 4.98 Å². The molecule has 0 N–H and O–H groups in total. The Labute approximate surface area is 206 Å². The summed E-state index contributed by atoms with van der Waals surface area (Å²) < 4.78 is 36.8. The van der Waals surface area contributed by atoms with Gasteiger partial charge in [0.05, 0.1) is 59.3 Å². The summed E-state index contributed by atoms with van der Waals surface area (Å²) in [6.45, 7) is 11.3. The Balaban J connectivity index is 2.23. The SMILES string of the molecule is CCOC(=O)c1cc(OCCOCCOCCOCCC(=O)OC(C)(C)C)cc(C(=O)OCC)n1. The Hall–Kier alpha value is -2.76. The van der Waals surface area contributed by atoms with E-state index in [1.165, 1.54) is 12.1 Å². The van der Waals surface area contributed by atoms with Crippen molar-refractivity contribution < 1.29 is 47.5 Å². The molecule has 1 aromatic heterocycles. The summed E-state index contributed by atoms with van der Waals surface area (Å²) in [5.41, 5.74) is -0.592. The van der Waals surface area contributed by atoms with E-state index in [-0.39, 0.29) is 62.6 Å². The third-order valence-electron chi connectivity index (χ3n) is 3.88. The van der Waals surface area contributed by atoms with Crippen LogP contribution >= 0.6 is 0 Å². The highest BCUT2D eigenvalue weighted by Crippen LogP contribution is 2.16. The van der Waals surface area contributed by atoms with E-state index in [9.17, 15) is 14.4 Å². The number of carbonyl (C=O) groups is 3. The number of esters is 3. The molecule has 0 fully saturated rings. The Bertz CT molecular complexity index is 755. The smallest absolute Gasteiger partial charge is 0.357 e. The zero-order valence-electron chi connectivity index (χ0n) is 21.3. The Morgan fingerprint density at radius 2 is 1.20 bits per heavy atom. The van der Waals surface area contributed by atoms with Gasteiger partial charge in [0.25, 0.3) is 0 Å². The molecule has 0 aliphatic rings. The van der Waals surface area contributed by atoms with Gasteiger partial charge in [0.15, 0.2) is 11.4 Å². The van der Waals surface area contributed by atoms with Crippen LogP contribution in [0.3, 0.4) is 0 Å². The molecule has 0 unspecified atom stereocenters. The average molecular weight is 500 g/mol. The van der Waals surface area contributed by atoms with E-state index in [0.29, 0.717) is 26.4 Å². The van der Waals surface area contributed by atoms with Crippen LogP contribution in [-0.4, -0.2) is 88.0 Å². The van der Waals surface area contributed by atoms with E-state index < -0.39 is 17.5 Å². The van der Waals surface area contributed by atoms with E-state index in [1.807, 2.05) is 20.8 Å². The zero-order valence-corrected chi connectivity index (χ0v) is 21.3. The number of hydrogen-bond acceptors (Lipinski definition) is 11. The highest BCUT2D eigenvalue weighted by atomic mass is 16.6. The number of nitrogens with zero attached hydrogens (tertiary/aromatic N) is 1. The van der Waals surface area contributed by atoms with Crippen LogP contribution in [-0.2, 0) is 33.2 Å². The van der Waals surface area contributed by atoms with E-state index in [4.69, 9.17) is 33.2 Å². The Kier molecular flexibility index (Phi) is 14.5. The van der Waals surface area contributed by atoms with E-state index in [1.54, 1.807) is 13.8 Å². The quantitative estimate of drug-likeness (QED) is 0.178. The van der Waals surface area contributed by atoms with Gasteiger partial charge in [0, 0.05) is 12.1 Å². The third-order valence-corrected chi connectivity index (χ3v) is 3.88. The van der Waals surface area contributed by atoms with Crippen molar-refractivity contribution in [1.82, 2.24) is 4.98 Å². The van der Waals surface area contributed by atoms with Crippen molar-refractivity contribution in [3.63, 3.8) is 0 Å². The van der Waals surface area contributed by atoms with Crippen molar-refractivity contribution in [2.75, 3.05) is 59.5 Å². The number of ether oxygens (including phenoxy) is 7. The summed E-state index contributed by atoms with van der Waals surface area (Å²) in [6.07, 6.45) is 0.195. The molecule has 1 heterocycles. The molecule has 35 heavy (non-hydrogen) atoms. The van der Waals surface area contributed by atoms with Gasteiger partial charge >= 0.3 is 17.9 Å². The van der Waals surface area contributed by atoms with Crippen LogP contribution in [0.2, 0.25) is 0 Å². The molecule has 11 nitrogen and oxygen atoms in total. The molecule has 0 aliphatic heterocycles.